The van der Waals surface area contributed by atoms with Crippen LogP contribution in [0.25, 0.3) is 6.08 Å². The standard InChI is InChI=1S/C17H12BrClN2O2/c1-10-6-14(19)3-4-15(10)21-17(23)12(9-20)7-11-8-13(18)2-5-16(11)22/h2-8,22H,1H3,(H,21,23)/b12-7+. The number of carbonyl (C=O) groups excluding carboxylic acids is 1. The minimum Gasteiger partial charge on any atom is -0.507 e. The van der Waals surface area contributed by atoms with E-state index in [2.05, 4.69) is 21.2 Å². The number of nitrogens with zero attached hydrogens (tertiary/aromatic N) is 1. The maximum absolute atomic E-state index is 12.3. The molecule has 0 saturated carbocycles. The van der Waals surface area contributed by atoms with Crippen molar-refractivity contribution in [3.05, 3.63) is 62.6 Å². The lowest BCUT2D eigenvalue weighted by Gasteiger charge is -2.08. The van der Waals surface area contributed by atoms with Gasteiger partial charge in [-0.1, -0.05) is 27.5 Å². The number of carbonyl (C=O) groups is 1. The molecule has 116 valence electrons. The summed E-state index contributed by atoms with van der Waals surface area (Å²) in [5.74, 6) is -0.575. The molecule has 0 saturated heterocycles. The van der Waals surface area contributed by atoms with Gasteiger partial charge in [0.15, 0.2) is 0 Å². The van der Waals surface area contributed by atoms with Crippen LogP contribution in [0.4, 0.5) is 5.69 Å². The first-order valence-corrected chi connectivity index (χ1v) is 7.75. The molecular weight excluding hydrogens is 380 g/mol. The number of amides is 1. The van der Waals surface area contributed by atoms with Crippen molar-refractivity contribution in [1.82, 2.24) is 0 Å². The Hall–Kier alpha value is -2.29. The second-order valence-corrected chi connectivity index (χ2v) is 6.14. The zero-order chi connectivity index (χ0) is 17.0. The summed E-state index contributed by atoms with van der Waals surface area (Å²) in [6.45, 7) is 1.80. The number of hydrogen-bond acceptors (Lipinski definition) is 3. The maximum atomic E-state index is 12.3. The summed E-state index contributed by atoms with van der Waals surface area (Å²) in [6, 6.07) is 11.6. The molecule has 1 amide bonds. The Kier molecular flexibility index (Phi) is 5.43. The van der Waals surface area contributed by atoms with Crippen molar-refractivity contribution in [2.24, 2.45) is 0 Å². The normalized spacial score (nSPS) is 11.0. The van der Waals surface area contributed by atoms with E-state index in [0.717, 1.165) is 10.0 Å². The van der Waals surface area contributed by atoms with Gasteiger partial charge in [0, 0.05) is 20.7 Å². The molecule has 0 bridgehead atoms. The highest BCUT2D eigenvalue weighted by Crippen LogP contribution is 2.25. The van der Waals surface area contributed by atoms with E-state index in [1.54, 1.807) is 37.3 Å². The van der Waals surface area contributed by atoms with E-state index < -0.39 is 5.91 Å². The van der Waals surface area contributed by atoms with Crippen molar-refractivity contribution in [3.63, 3.8) is 0 Å². The Bertz CT molecular complexity index is 841. The quantitative estimate of drug-likeness (QED) is 0.590. The van der Waals surface area contributed by atoms with Crippen molar-refractivity contribution >= 4 is 45.2 Å². The first kappa shape index (κ1) is 17.1. The Labute approximate surface area is 147 Å². The second kappa shape index (κ2) is 7.32. The number of phenols is 1. The fraction of sp³-hybridized carbons (Fsp3) is 0.0588. The van der Waals surface area contributed by atoms with E-state index in [0.29, 0.717) is 16.3 Å². The Morgan fingerprint density at radius 2 is 2.09 bits per heavy atom. The fourth-order valence-electron chi connectivity index (χ4n) is 1.90. The molecule has 0 heterocycles. The summed E-state index contributed by atoms with van der Waals surface area (Å²) in [6.07, 6.45) is 1.33. The Balaban J connectivity index is 2.30. The average molecular weight is 392 g/mol. The van der Waals surface area contributed by atoms with E-state index in [4.69, 9.17) is 11.6 Å². The van der Waals surface area contributed by atoms with Crippen LogP contribution in [0.5, 0.6) is 5.75 Å². The van der Waals surface area contributed by atoms with Gasteiger partial charge < -0.3 is 10.4 Å². The number of hydrogen-bond donors (Lipinski definition) is 2. The molecule has 0 aliphatic carbocycles. The van der Waals surface area contributed by atoms with Crippen LogP contribution in [0.1, 0.15) is 11.1 Å². The minimum atomic E-state index is -0.558. The van der Waals surface area contributed by atoms with Crippen LogP contribution in [0.3, 0.4) is 0 Å². The molecular formula is C17H12BrClN2O2. The number of aromatic hydroxyl groups is 1. The van der Waals surface area contributed by atoms with Gasteiger partial charge in [0.05, 0.1) is 0 Å². The number of halogens is 2. The molecule has 6 heteroatoms. The SMILES string of the molecule is Cc1cc(Cl)ccc1NC(=O)/C(C#N)=C/c1cc(Br)ccc1O. The molecule has 0 atom stereocenters. The van der Waals surface area contributed by atoms with E-state index in [9.17, 15) is 15.2 Å². The number of nitrogens with one attached hydrogen (secondary N) is 1. The highest BCUT2D eigenvalue weighted by Gasteiger charge is 2.12. The molecule has 2 rings (SSSR count). The third-order valence-corrected chi connectivity index (χ3v) is 3.82. The van der Waals surface area contributed by atoms with Crippen molar-refractivity contribution in [2.45, 2.75) is 6.92 Å². The van der Waals surface area contributed by atoms with E-state index in [1.807, 2.05) is 6.07 Å². The van der Waals surface area contributed by atoms with Gasteiger partial charge in [0.2, 0.25) is 0 Å². The molecule has 0 aliphatic heterocycles. The zero-order valence-corrected chi connectivity index (χ0v) is 14.4. The highest BCUT2D eigenvalue weighted by atomic mass is 79.9. The van der Waals surface area contributed by atoms with Crippen molar-refractivity contribution < 1.29 is 9.90 Å². The van der Waals surface area contributed by atoms with Gasteiger partial charge in [-0.05, 0) is 55.0 Å². The molecule has 0 aliphatic rings. The lowest BCUT2D eigenvalue weighted by atomic mass is 10.1. The first-order valence-electron chi connectivity index (χ1n) is 6.58. The first-order chi connectivity index (χ1) is 10.9. The molecule has 0 radical (unpaired) electrons. The summed E-state index contributed by atoms with van der Waals surface area (Å²) in [7, 11) is 0. The molecule has 0 unspecified atom stereocenters. The number of rotatable bonds is 3. The molecule has 0 spiro atoms. The van der Waals surface area contributed by atoms with Crippen LogP contribution in [-0.4, -0.2) is 11.0 Å². The van der Waals surface area contributed by atoms with Gasteiger partial charge in [-0.25, -0.2) is 0 Å². The number of nitriles is 1. The summed E-state index contributed by atoms with van der Waals surface area (Å²) >= 11 is 9.15. The van der Waals surface area contributed by atoms with Gasteiger partial charge in [-0.2, -0.15) is 5.26 Å². The smallest absolute Gasteiger partial charge is 0.266 e. The lowest BCUT2D eigenvalue weighted by Crippen LogP contribution is -2.14. The molecule has 23 heavy (non-hydrogen) atoms. The third kappa shape index (κ3) is 4.35. The van der Waals surface area contributed by atoms with Gasteiger partial charge in [-0.15, -0.1) is 0 Å². The molecule has 0 aromatic heterocycles. The van der Waals surface area contributed by atoms with Gasteiger partial charge in [0.1, 0.15) is 17.4 Å². The molecule has 4 nitrogen and oxygen atoms in total. The molecule has 2 aromatic rings. The second-order valence-electron chi connectivity index (χ2n) is 4.79. The number of benzene rings is 2. The van der Waals surface area contributed by atoms with Crippen molar-refractivity contribution in [3.8, 4) is 11.8 Å². The van der Waals surface area contributed by atoms with Crippen molar-refractivity contribution in [2.75, 3.05) is 5.32 Å². The van der Waals surface area contributed by atoms with Crippen LogP contribution < -0.4 is 5.32 Å². The average Bonchev–Trinajstić information content (AvgIpc) is 2.50. The molecule has 2 aromatic carbocycles. The lowest BCUT2D eigenvalue weighted by molar-refractivity contribution is -0.112. The topological polar surface area (TPSA) is 73.1 Å². The summed E-state index contributed by atoms with van der Waals surface area (Å²) in [5.41, 5.74) is 1.61. The van der Waals surface area contributed by atoms with E-state index >= 15 is 0 Å². The predicted molar refractivity (Wildman–Crippen MR) is 94.2 cm³/mol. The maximum Gasteiger partial charge on any atom is 0.266 e. The zero-order valence-electron chi connectivity index (χ0n) is 12.1. The summed E-state index contributed by atoms with van der Waals surface area (Å²) in [4.78, 5) is 12.3. The highest BCUT2D eigenvalue weighted by molar-refractivity contribution is 9.10. The largest absolute Gasteiger partial charge is 0.507 e. The number of anilines is 1. The van der Waals surface area contributed by atoms with Crippen LogP contribution in [0.2, 0.25) is 5.02 Å². The predicted octanol–water partition coefficient (Wildman–Crippen LogP) is 4.66. The number of phenolic OH excluding ortho intramolecular Hbond substituents is 1. The molecule has 0 fully saturated rings. The minimum absolute atomic E-state index is 0.0172. The van der Waals surface area contributed by atoms with Crippen LogP contribution in [0.15, 0.2) is 46.4 Å². The molecule has 2 N–H and O–H groups in total. The van der Waals surface area contributed by atoms with Crippen LogP contribution in [0, 0.1) is 18.3 Å². The Morgan fingerprint density at radius 1 is 1.35 bits per heavy atom. The van der Waals surface area contributed by atoms with Crippen molar-refractivity contribution in [1.29, 1.82) is 5.26 Å². The van der Waals surface area contributed by atoms with Crippen LogP contribution >= 0.6 is 27.5 Å². The number of aryl methyl sites for hydroxylation is 1. The summed E-state index contributed by atoms with van der Waals surface area (Å²) in [5, 5.41) is 22.2. The van der Waals surface area contributed by atoms with Crippen LogP contribution in [-0.2, 0) is 4.79 Å². The fourth-order valence-corrected chi connectivity index (χ4v) is 2.51. The van der Waals surface area contributed by atoms with Gasteiger partial charge >= 0.3 is 0 Å². The third-order valence-electron chi connectivity index (χ3n) is 3.09. The van der Waals surface area contributed by atoms with E-state index in [-0.39, 0.29) is 11.3 Å². The Morgan fingerprint density at radius 3 is 2.74 bits per heavy atom. The van der Waals surface area contributed by atoms with E-state index in [1.165, 1.54) is 12.1 Å². The van der Waals surface area contributed by atoms with Gasteiger partial charge in [0.25, 0.3) is 5.91 Å². The monoisotopic (exact) mass is 390 g/mol. The van der Waals surface area contributed by atoms with Gasteiger partial charge in [-0.3, -0.25) is 4.79 Å². The summed E-state index contributed by atoms with van der Waals surface area (Å²) < 4.78 is 0.729.